The maximum absolute atomic E-state index is 4.39. The fraction of sp³-hybridized carbons (Fsp3) is 0.0556. The van der Waals surface area contributed by atoms with Crippen molar-refractivity contribution in [1.82, 2.24) is 4.98 Å². The molecule has 0 radical (unpaired) electrons. The number of benzene rings is 2. The summed E-state index contributed by atoms with van der Waals surface area (Å²) in [4.78, 5) is 4.39. The van der Waals surface area contributed by atoms with Gasteiger partial charge in [0.2, 0.25) is 0 Å². The van der Waals surface area contributed by atoms with Crippen LogP contribution in [-0.2, 0) is 0 Å². The third-order valence-electron chi connectivity index (χ3n) is 3.19. The van der Waals surface area contributed by atoms with Crippen molar-refractivity contribution in [2.45, 2.75) is 6.92 Å². The number of nitrogens with zero attached hydrogens (tertiary/aromatic N) is 1. The van der Waals surface area contributed by atoms with Crippen LogP contribution in [0, 0.1) is 6.92 Å². The minimum absolute atomic E-state index is 0.985. The summed E-state index contributed by atoms with van der Waals surface area (Å²) < 4.78 is 0. The average Bonchev–Trinajstić information content (AvgIpc) is 2.47. The quantitative estimate of drug-likeness (QED) is 0.637. The van der Waals surface area contributed by atoms with Gasteiger partial charge in [-0.05, 0) is 41.0 Å². The third kappa shape index (κ3) is 2.55. The van der Waals surface area contributed by atoms with Crippen molar-refractivity contribution in [3.05, 3.63) is 77.6 Å². The van der Waals surface area contributed by atoms with Gasteiger partial charge in [0, 0.05) is 6.20 Å². The normalized spacial score (nSPS) is 11.2. The lowest BCUT2D eigenvalue weighted by atomic mass is 10.0. The van der Waals surface area contributed by atoms with E-state index in [1.807, 2.05) is 19.2 Å². The summed E-state index contributed by atoms with van der Waals surface area (Å²) in [5.41, 5.74) is 3.39. The van der Waals surface area contributed by atoms with E-state index in [9.17, 15) is 0 Å². The first kappa shape index (κ1) is 11.7. The largest absolute Gasteiger partial charge is 0.257 e. The molecule has 1 aromatic heterocycles. The van der Waals surface area contributed by atoms with Crippen molar-refractivity contribution in [2.75, 3.05) is 0 Å². The SMILES string of the molecule is Cc1ccc(/C=C/c2cccc3ccccc23)nc1. The van der Waals surface area contributed by atoms with Gasteiger partial charge in [-0.25, -0.2) is 0 Å². The first-order valence-corrected chi connectivity index (χ1v) is 6.41. The van der Waals surface area contributed by atoms with Gasteiger partial charge in [0.1, 0.15) is 0 Å². The number of hydrogen-bond donors (Lipinski definition) is 0. The van der Waals surface area contributed by atoms with E-state index in [1.54, 1.807) is 0 Å². The lowest BCUT2D eigenvalue weighted by Gasteiger charge is -2.01. The molecule has 0 saturated carbocycles. The van der Waals surface area contributed by atoms with E-state index in [4.69, 9.17) is 0 Å². The molecule has 1 nitrogen and oxygen atoms in total. The van der Waals surface area contributed by atoms with E-state index in [1.165, 1.54) is 21.9 Å². The summed E-state index contributed by atoms with van der Waals surface area (Å²) >= 11 is 0. The molecule has 0 unspecified atom stereocenters. The van der Waals surface area contributed by atoms with Crippen molar-refractivity contribution in [1.29, 1.82) is 0 Å². The number of rotatable bonds is 2. The van der Waals surface area contributed by atoms with Crippen LogP contribution in [0.2, 0.25) is 0 Å². The lowest BCUT2D eigenvalue weighted by molar-refractivity contribution is 1.25. The first-order chi connectivity index (χ1) is 9.33. The van der Waals surface area contributed by atoms with Crippen LogP contribution in [0.4, 0.5) is 0 Å². The van der Waals surface area contributed by atoms with Crippen molar-refractivity contribution in [3.63, 3.8) is 0 Å². The second-order valence-electron chi connectivity index (χ2n) is 4.66. The zero-order chi connectivity index (χ0) is 13.1. The molecule has 1 heterocycles. The smallest absolute Gasteiger partial charge is 0.0630 e. The standard InChI is InChI=1S/C18H15N/c1-14-9-11-17(19-13-14)12-10-16-7-4-6-15-5-2-3-8-18(15)16/h2-13H,1H3/b12-10+. The van der Waals surface area contributed by atoms with Crippen molar-refractivity contribution in [2.24, 2.45) is 0 Å². The predicted octanol–water partition coefficient (Wildman–Crippen LogP) is 4.71. The third-order valence-corrected chi connectivity index (χ3v) is 3.19. The van der Waals surface area contributed by atoms with E-state index in [0.29, 0.717) is 0 Å². The maximum atomic E-state index is 4.39. The number of hydrogen-bond acceptors (Lipinski definition) is 1. The van der Waals surface area contributed by atoms with Crippen LogP contribution in [0.1, 0.15) is 16.8 Å². The molecule has 19 heavy (non-hydrogen) atoms. The molecule has 1 heteroatoms. The summed E-state index contributed by atoms with van der Waals surface area (Å²) in [7, 11) is 0. The summed E-state index contributed by atoms with van der Waals surface area (Å²) in [5, 5.41) is 2.54. The molecule has 3 aromatic rings. The Bertz CT molecular complexity index is 719. The zero-order valence-electron chi connectivity index (χ0n) is 10.9. The van der Waals surface area contributed by atoms with Crippen molar-refractivity contribution in [3.8, 4) is 0 Å². The minimum atomic E-state index is 0.985. The highest BCUT2D eigenvalue weighted by Gasteiger charge is 1.96. The van der Waals surface area contributed by atoms with Gasteiger partial charge in [0.15, 0.2) is 0 Å². The van der Waals surface area contributed by atoms with Gasteiger partial charge in [0.25, 0.3) is 0 Å². The summed E-state index contributed by atoms with van der Waals surface area (Å²) in [6.45, 7) is 2.05. The second kappa shape index (κ2) is 5.07. The van der Waals surface area contributed by atoms with Crippen LogP contribution in [-0.4, -0.2) is 4.98 Å². The van der Waals surface area contributed by atoms with E-state index < -0.39 is 0 Å². The second-order valence-corrected chi connectivity index (χ2v) is 4.66. The Hall–Kier alpha value is -2.41. The molecule has 2 aromatic carbocycles. The lowest BCUT2D eigenvalue weighted by Crippen LogP contribution is -1.81. The van der Waals surface area contributed by atoms with Crippen molar-refractivity contribution >= 4 is 22.9 Å². The van der Waals surface area contributed by atoms with Crippen LogP contribution in [0.25, 0.3) is 22.9 Å². The van der Waals surface area contributed by atoms with Crippen LogP contribution in [0.3, 0.4) is 0 Å². The van der Waals surface area contributed by atoms with E-state index >= 15 is 0 Å². The van der Waals surface area contributed by atoms with E-state index in [0.717, 1.165) is 5.69 Å². The van der Waals surface area contributed by atoms with Crippen LogP contribution < -0.4 is 0 Å². The summed E-state index contributed by atoms with van der Waals surface area (Å²) in [6, 6.07) is 18.9. The number of aromatic nitrogens is 1. The average molecular weight is 245 g/mol. The monoisotopic (exact) mass is 245 g/mol. The van der Waals surface area contributed by atoms with E-state index in [-0.39, 0.29) is 0 Å². The predicted molar refractivity (Wildman–Crippen MR) is 81.9 cm³/mol. The molecule has 0 saturated heterocycles. The first-order valence-electron chi connectivity index (χ1n) is 6.41. The van der Waals surface area contributed by atoms with Crippen LogP contribution >= 0.6 is 0 Å². The summed E-state index contributed by atoms with van der Waals surface area (Å²) in [5.74, 6) is 0. The molecule has 0 amide bonds. The van der Waals surface area contributed by atoms with Gasteiger partial charge in [-0.3, -0.25) is 4.98 Å². The molecule has 0 aliphatic rings. The molecule has 0 N–H and O–H groups in total. The molecule has 0 atom stereocenters. The molecule has 92 valence electrons. The highest BCUT2D eigenvalue weighted by molar-refractivity contribution is 5.92. The van der Waals surface area contributed by atoms with Gasteiger partial charge >= 0.3 is 0 Å². The van der Waals surface area contributed by atoms with E-state index in [2.05, 4.69) is 65.7 Å². The fourth-order valence-corrected chi connectivity index (χ4v) is 2.15. The molecule has 0 aliphatic heterocycles. The Morgan fingerprint density at radius 2 is 1.68 bits per heavy atom. The van der Waals surface area contributed by atoms with Crippen molar-refractivity contribution < 1.29 is 0 Å². The van der Waals surface area contributed by atoms with Gasteiger partial charge < -0.3 is 0 Å². The molecule has 0 bridgehead atoms. The molecular weight excluding hydrogens is 230 g/mol. The Morgan fingerprint density at radius 3 is 2.53 bits per heavy atom. The maximum Gasteiger partial charge on any atom is 0.0630 e. The number of aryl methyl sites for hydroxylation is 1. The molecule has 0 aliphatic carbocycles. The number of fused-ring (bicyclic) bond motifs is 1. The topological polar surface area (TPSA) is 12.9 Å². The zero-order valence-corrected chi connectivity index (χ0v) is 10.9. The highest BCUT2D eigenvalue weighted by atomic mass is 14.7. The Balaban J connectivity index is 1.99. The Labute approximate surface area is 113 Å². The number of pyridine rings is 1. The Kier molecular flexibility index (Phi) is 3.11. The van der Waals surface area contributed by atoms with Gasteiger partial charge in [-0.15, -0.1) is 0 Å². The van der Waals surface area contributed by atoms with Gasteiger partial charge in [0.05, 0.1) is 5.69 Å². The molecule has 0 spiro atoms. The fourth-order valence-electron chi connectivity index (χ4n) is 2.15. The molecule has 3 rings (SSSR count). The molecular formula is C18H15N. The minimum Gasteiger partial charge on any atom is -0.257 e. The summed E-state index contributed by atoms with van der Waals surface area (Å²) in [6.07, 6.45) is 6.07. The van der Waals surface area contributed by atoms with Gasteiger partial charge in [-0.1, -0.05) is 54.6 Å². The van der Waals surface area contributed by atoms with Gasteiger partial charge in [-0.2, -0.15) is 0 Å². The molecule has 0 fully saturated rings. The van der Waals surface area contributed by atoms with Crippen LogP contribution in [0.15, 0.2) is 60.8 Å². The Morgan fingerprint density at radius 1 is 0.842 bits per heavy atom. The van der Waals surface area contributed by atoms with Crippen LogP contribution in [0.5, 0.6) is 0 Å². The highest BCUT2D eigenvalue weighted by Crippen LogP contribution is 2.20.